The highest BCUT2D eigenvalue weighted by atomic mass is 35.5. The molecule has 7 heteroatoms. The number of amides is 1. The Hall–Kier alpha value is -1.47. The molecule has 1 atom stereocenters. The summed E-state index contributed by atoms with van der Waals surface area (Å²) in [6, 6.07) is 3.58. The summed E-state index contributed by atoms with van der Waals surface area (Å²) in [5.41, 5.74) is 11.3. The van der Waals surface area contributed by atoms with Gasteiger partial charge in [-0.3, -0.25) is 4.79 Å². The standard InChI is InChI=1S/C16H21N3O2S.ClH/c1-9-5-11(3)12(6-10(9)2)14-8-22-16(18-14)19-15(20)13(17)7-21-4;/h5-6,8,13H,7,17H2,1-4H3,(H,18,19,20);1H. The van der Waals surface area contributed by atoms with Crippen LogP contribution in [0.2, 0.25) is 0 Å². The van der Waals surface area contributed by atoms with Crippen LogP contribution in [0.25, 0.3) is 11.3 Å². The number of rotatable bonds is 5. The number of aryl methyl sites for hydroxylation is 3. The number of ether oxygens (including phenoxy) is 1. The van der Waals surface area contributed by atoms with E-state index in [2.05, 4.69) is 43.2 Å². The first-order valence-electron chi connectivity index (χ1n) is 7.01. The number of hydrogen-bond acceptors (Lipinski definition) is 5. The number of nitrogens with one attached hydrogen (secondary N) is 1. The van der Waals surface area contributed by atoms with Crippen LogP contribution >= 0.6 is 23.7 Å². The van der Waals surface area contributed by atoms with E-state index in [0.29, 0.717) is 5.13 Å². The lowest BCUT2D eigenvalue weighted by Gasteiger charge is -2.09. The Morgan fingerprint density at radius 2 is 1.96 bits per heavy atom. The largest absolute Gasteiger partial charge is 0.383 e. The van der Waals surface area contributed by atoms with Crippen LogP contribution in [0.1, 0.15) is 16.7 Å². The average Bonchev–Trinajstić information content (AvgIpc) is 2.91. The molecular formula is C16H22ClN3O2S. The normalized spacial score (nSPS) is 11.7. The molecule has 1 heterocycles. The molecule has 0 bridgehead atoms. The minimum atomic E-state index is -0.694. The second-order valence-electron chi connectivity index (χ2n) is 5.34. The first-order chi connectivity index (χ1) is 10.4. The molecule has 1 unspecified atom stereocenters. The highest BCUT2D eigenvalue weighted by Gasteiger charge is 2.15. The number of nitrogens with two attached hydrogens (primary N) is 1. The van der Waals surface area contributed by atoms with Gasteiger partial charge in [0.2, 0.25) is 5.91 Å². The number of halogens is 1. The van der Waals surface area contributed by atoms with E-state index in [1.54, 1.807) is 0 Å². The van der Waals surface area contributed by atoms with Crippen molar-refractivity contribution in [1.82, 2.24) is 4.98 Å². The van der Waals surface area contributed by atoms with E-state index in [9.17, 15) is 4.79 Å². The van der Waals surface area contributed by atoms with E-state index in [-0.39, 0.29) is 24.9 Å². The molecule has 3 N–H and O–H groups in total. The van der Waals surface area contributed by atoms with Crippen LogP contribution in [-0.2, 0) is 9.53 Å². The van der Waals surface area contributed by atoms with Crippen molar-refractivity contribution in [2.24, 2.45) is 5.73 Å². The predicted molar refractivity (Wildman–Crippen MR) is 97.5 cm³/mol. The van der Waals surface area contributed by atoms with E-state index in [0.717, 1.165) is 11.3 Å². The van der Waals surface area contributed by atoms with Crippen molar-refractivity contribution in [1.29, 1.82) is 0 Å². The quantitative estimate of drug-likeness (QED) is 0.864. The molecule has 0 aliphatic carbocycles. The zero-order valence-electron chi connectivity index (χ0n) is 13.7. The molecule has 23 heavy (non-hydrogen) atoms. The summed E-state index contributed by atoms with van der Waals surface area (Å²) in [7, 11) is 1.51. The molecule has 0 saturated heterocycles. The fourth-order valence-electron chi connectivity index (χ4n) is 2.14. The number of anilines is 1. The Morgan fingerprint density at radius 1 is 1.30 bits per heavy atom. The summed E-state index contributed by atoms with van der Waals surface area (Å²) >= 11 is 1.39. The van der Waals surface area contributed by atoms with Gasteiger partial charge in [-0.15, -0.1) is 23.7 Å². The first-order valence-corrected chi connectivity index (χ1v) is 7.89. The maximum Gasteiger partial charge on any atom is 0.245 e. The van der Waals surface area contributed by atoms with Gasteiger partial charge in [-0.25, -0.2) is 4.98 Å². The van der Waals surface area contributed by atoms with Gasteiger partial charge in [-0.2, -0.15) is 0 Å². The van der Waals surface area contributed by atoms with Crippen LogP contribution in [0.3, 0.4) is 0 Å². The molecule has 0 fully saturated rings. The zero-order chi connectivity index (χ0) is 16.3. The fraction of sp³-hybridized carbons (Fsp3) is 0.375. The highest BCUT2D eigenvalue weighted by molar-refractivity contribution is 7.14. The van der Waals surface area contributed by atoms with Gasteiger partial charge in [-0.1, -0.05) is 6.07 Å². The maximum absolute atomic E-state index is 11.9. The number of benzene rings is 1. The Balaban J connectivity index is 0.00000264. The Labute approximate surface area is 146 Å². The number of carbonyl (C=O) groups excluding carboxylic acids is 1. The van der Waals surface area contributed by atoms with Gasteiger partial charge < -0.3 is 15.8 Å². The van der Waals surface area contributed by atoms with E-state index < -0.39 is 6.04 Å². The van der Waals surface area contributed by atoms with Crippen molar-refractivity contribution in [2.75, 3.05) is 19.0 Å². The Morgan fingerprint density at radius 3 is 2.61 bits per heavy atom. The topological polar surface area (TPSA) is 77.2 Å². The van der Waals surface area contributed by atoms with Gasteiger partial charge in [0.1, 0.15) is 6.04 Å². The predicted octanol–water partition coefficient (Wildman–Crippen LogP) is 3.07. The zero-order valence-corrected chi connectivity index (χ0v) is 15.3. The Bertz CT molecular complexity index is 688. The Kier molecular flexibility index (Phi) is 7.15. The van der Waals surface area contributed by atoms with Crippen LogP contribution in [0, 0.1) is 20.8 Å². The fourth-order valence-corrected chi connectivity index (χ4v) is 2.86. The van der Waals surface area contributed by atoms with Crippen molar-refractivity contribution in [3.63, 3.8) is 0 Å². The van der Waals surface area contributed by atoms with E-state index in [4.69, 9.17) is 10.5 Å². The van der Waals surface area contributed by atoms with Crippen molar-refractivity contribution in [3.8, 4) is 11.3 Å². The summed E-state index contributed by atoms with van der Waals surface area (Å²) in [6.45, 7) is 6.42. The molecule has 0 aliphatic heterocycles. The van der Waals surface area contributed by atoms with Crippen molar-refractivity contribution < 1.29 is 9.53 Å². The summed E-state index contributed by atoms with van der Waals surface area (Å²) in [5.74, 6) is -0.292. The number of hydrogen-bond donors (Lipinski definition) is 2. The molecular weight excluding hydrogens is 334 g/mol. The summed E-state index contributed by atoms with van der Waals surface area (Å²) in [4.78, 5) is 16.3. The van der Waals surface area contributed by atoms with Crippen molar-refractivity contribution >= 4 is 34.8 Å². The molecule has 1 aromatic carbocycles. The highest BCUT2D eigenvalue weighted by Crippen LogP contribution is 2.29. The van der Waals surface area contributed by atoms with Crippen molar-refractivity contribution in [3.05, 3.63) is 34.2 Å². The van der Waals surface area contributed by atoms with Gasteiger partial charge in [0.05, 0.1) is 12.3 Å². The molecule has 0 aliphatic rings. The van der Waals surface area contributed by atoms with Crippen molar-refractivity contribution in [2.45, 2.75) is 26.8 Å². The lowest BCUT2D eigenvalue weighted by molar-refractivity contribution is -0.118. The van der Waals surface area contributed by atoms with E-state index in [1.165, 1.54) is 35.1 Å². The summed E-state index contributed by atoms with van der Waals surface area (Å²) in [5, 5.41) is 5.21. The molecule has 126 valence electrons. The number of aromatic nitrogens is 1. The number of methoxy groups -OCH3 is 1. The second-order valence-corrected chi connectivity index (χ2v) is 6.20. The molecule has 0 saturated carbocycles. The average molecular weight is 356 g/mol. The minimum Gasteiger partial charge on any atom is -0.383 e. The van der Waals surface area contributed by atoms with E-state index in [1.807, 2.05) is 5.38 Å². The smallest absolute Gasteiger partial charge is 0.245 e. The third-order valence-corrected chi connectivity index (χ3v) is 4.29. The van der Waals surface area contributed by atoms with Gasteiger partial charge >= 0.3 is 0 Å². The molecule has 0 spiro atoms. The first kappa shape index (κ1) is 19.6. The van der Waals surface area contributed by atoms with Crippen LogP contribution in [0.5, 0.6) is 0 Å². The van der Waals surface area contributed by atoms with E-state index >= 15 is 0 Å². The number of carbonyl (C=O) groups is 1. The molecule has 5 nitrogen and oxygen atoms in total. The van der Waals surface area contributed by atoms with Crippen LogP contribution in [0.4, 0.5) is 5.13 Å². The summed E-state index contributed by atoms with van der Waals surface area (Å²) in [6.07, 6.45) is 0. The minimum absolute atomic E-state index is 0. The molecule has 2 aromatic rings. The van der Waals surface area contributed by atoms with Crippen LogP contribution in [-0.4, -0.2) is 30.6 Å². The second kappa shape index (κ2) is 8.40. The maximum atomic E-state index is 11.9. The van der Waals surface area contributed by atoms with Crippen LogP contribution in [0.15, 0.2) is 17.5 Å². The van der Waals surface area contributed by atoms with Gasteiger partial charge in [0.25, 0.3) is 0 Å². The third kappa shape index (κ3) is 4.75. The van der Waals surface area contributed by atoms with Gasteiger partial charge in [0.15, 0.2) is 5.13 Å². The molecule has 0 radical (unpaired) electrons. The lowest BCUT2D eigenvalue weighted by atomic mass is 9.99. The lowest BCUT2D eigenvalue weighted by Crippen LogP contribution is -2.39. The number of thiazole rings is 1. The third-order valence-electron chi connectivity index (χ3n) is 3.53. The SMILES string of the molecule is COCC(N)C(=O)Nc1nc(-c2cc(C)c(C)cc2C)cs1.Cl. The van der Waals surface area contributed by atoms with Gasteiger partial charge in [0, 0.05) is 18.1 Å². The van der Waals surface area contributed by atoms with Gasteiger partial charge in [-0.05, 0) is 43.5 Å². The summed E-state index contributed by atoms with van der Waals surface area (Å²) < 4.78 is 4.87. The van der Waals surface area contributed by atoms with Crippen LogP contribution < -0.4 is 11.1 Å². The molecule has 1 amide bonds. The molecule has 1 aromatic heterocycles. The number of nitrogens with zero attached hydrogens (tertiary/aromatic N) is 1. The monoisotopic (exact) mass is 355 g/mol. The molecule has 2 rings (SSSR count).